The van der Waals surface area contributed by atoms with Gasteiger partial charge in [-0.2, -0.15) is 0 Å². The number of aliphatic imine (C=N–C) groups is 1. The summed E-state index contributed by atoms with van der Waals surface area (Å²) in [7, 11) is -3.12. The third kappa shape index (κ3) is 4.39. The number of rotatable bonds is 2. The van der Waals surface area contributed by atoms with Crippen molar-refractivity contribution >= 4 is 22.2 Å². The molecule has 98 valence electrons. The third-order valence-corrected chi connectivity index (χ3v) is 3.89. The number of hydrogen-bond acceptors (Lipinski definition) is 3. The second kappa shape index (κ2) is 6.06. The topological polar surface area (TPSA) is 74.1 Å². The molecule has 0 unspecified atom stereocenters. The van der Waals surface area contributed by atoms with E-state index in [4.69, 9.17) is 0 Å². The standard InChI is InChI=1S/C9H17FN4O2S/c1-3-11-9(13-10)12-8-4-6-14(7-5-8)17(2,15)16/h3,8H,4-7H2,1-2H3,(H,12,13)/b11-3-. The van der Waals surface area contributed by atoms with Crippen molar-refractivity contribution < 1.29 is 12.9 Å². The van der Waals surface area contributed by atoms with E-state index in [1.165, 1.54) is 16.8 Å². The van der Waals surface area contributed by atoms with Crippen molar-refractivity contribution in [3.05, 3.63) is 0 Å². The Morgan fingerprint density at radius 2 is 2.06 bits per heavy atom. The Balaban J connectivity index is 2.48. The largest absolute Gasteiger partial charge is 0.349 e. The second-order valence-electron chi connectivity index (χ2n) is 3.88. The van der Waals surface area contributed by atoms with Crippen LogP contribution in [0.4, 0.5) is 4.48 Å². The smallest absolute Gasteiger partial charge is 0.252 e. The van der Waals surface area contributed by atoms with E-state index in [0.717, 1.165) is 0 Å². The van der Waals surface area contributed by atoms with Gasteiger partial charge in [-0.1, -0.05) is 4.48 Å². The fraction of sp³-hybridized carbons (Fsp3) is 0.778. The van der Waals surface area contributed by atoms with Crippen molar-refractivity contribution in [1.29, 1.82) is 0 Å². The summed E-state index contributed by atoms with van der Waals surface area (Å²) in [4.78, 5) is 3.71. The summed E-state index contributed by atoms with van der Waals surface area (Å²) in [5.74, 6) is -0.0645. The molecule has 0 aliphatic carbocycles. The lowest BCUT2D eigenvalue weighted by molar-refractivity contribution is 0.307. The van der Waals surface area contributed by atoms with Gasteiger partial charge in [0, 0.05) is 25.3 Å². The molecule has 17 heavy (non-hydrogen) atoms. The van der Waals surface area contributed by atoms with E-state index in [9.17, 15) is 12.9 Å². The van der Waals surface area contributed by atoms with Crippen molar-refractivity contribution in [2.24, 2.45) is 10.2 Å². The van der Waals surface area contributed by atoms with Crippen LogP contribution in [-0.4, -0.2) is 50.3 Å². The molecule has 8 heteroatoms. The zero-order valence-corrected chi connectivity index (χ0v) is 10.7. The molecule has 0 atom stereocenters. The van der Waals surface area contributed by atoms with Crippen molar-refractivity contribution in [2.45, 2.75) is 25.8 Å². The van der Waals surface area contributed by atoms with Gasteiger partial charge in [-0.15, -0.1) is 0 Å². The van der Waals surface area contributed by atoms with Crippen LogP contribution < -0.4 is 5.32 Å². The molecule has 0 bridgehead atoms. The minimum absolute atomic E-state index is 0.00574. The van der Waals surface area contributed by atoms with Crippen LogP contribution in [0.15, 0.2) is 10.2 Å². The van der Waals surface area contributed by atoms with Crippen LogP contribution in [0, 0.1) is 0 Å². The average molecular weight is 264 g/mol. The van der Waals surface area contributed by atoms with Crippen LogP contribution >= 0.6 is 0 Å². The van der Waals surface area contributed by atoms with Crippen molar-refractivity contribution in [3.8, 4) is 0 Å². The summed E-state index contributed by atoms with van der Waals surface area (Å²) in [6, 6.07) is 0.00574. The zero-order valence-electron chi connectivity index (χ0n) is 9.93. The first kappa shape index (κ1) is 14.0. The first-order valence-electron chi connectivity index (χ1n) is 5.36. The average Bonchev–Trinajstić information content (AvgIpc) is 2.28. The first-order chi connectivity index (χ1) is 7.97. The van der Waals surface area contributed by atoms with Gasteiger partial charge in [0.1, 0.15) is 0 Å². The van der Waals surface area contributed by atoms with E-state index in [-0.39, 0.29) is 12.0 Å². The van der Waals surface area contributed by atoms with Gasteiger partial charge >= 0.3 is 0 Å². The number of nitrogens with one attached hydrogen (secondary N) is 1. The lowest BCUT2D eigenvalue weighted by Crippen LogP contribution is -2.45. The molecule has 1 saturated heterocycles. The number of halogens is 1. The normalized spacial score (nSPS) is 21.0. The summed E-state index contributed by atoms with van der Waals surface area (Å²) in [5, 5.41) is 5.35. The molecule has 0 aromatic heterocycles. The summed E-state index contributed by atoms with van der Waals surface area (Å²) in [5.41, 5.74) is 0. The number of piperidine rings is 1. The molecule has 1 fully saturated rings. The molecule has 0 aromatic rings. The maximum Gasteiger partial charge on any atom is 0.252 e. The molecular formula is C9H17FN4O2S. The highest BCUT2D eigenvalue weighted by atomic mass is 32.2. The van der Waals surface area contributed by atoms with Crippen molar-refractivity contribution in [2.75, 3.05) is 19.3 Å². The fourth-order valence-electron chi connectivity index (χ4n) is 1.72. The van der Waals surface area contributed by atoms with Gasteiger partial charge in [-0.3, -0.25) is 0 Å². The predicted octanol–water partition coefficient (Wildman–Crippen LogP) is 0.331. The van der Waals surface area contributed by atoms with Crippen LogP contribution in [0.1, 0.15) is 19.8 Å². The summed E-state index contributed by atoms with van der Waals surface area (Å²) in [6.45, 7) is 2.54. The Kier molecular flexibility index (Phi) is 5.01. The Morgan fingerprint density at radius 1 is 1.47 bits per heavy atom. The van der Waals surface area contributed by atoms with E-state index >= 15 is 0 Å². The van der Waals surface area contributed by atoms with Crippen LogP contribution in [0.2, 0.25) is 0 Å². The van der Waals surface area contributed by atoms with Crippen molar-refractivity contribution in [3.63, 3.8) is 0 Å². The van der Waals surface area contributed by atoms with E-state index in [0.29, 0.717) is 25.9 Å². The van der Waals surface area contributed by atoms with E-state index in [1.807, 2.05) is 0 Å². The van der Waals surface area contributed by atoms with Crippen molar-refractivity contribution in [1.82, 2.24) is 9.62 Å². The van der Waals surface area contributed by atoms with E-state index < -0.39 is 10.0 Å². The lowest BCUT2D eigenvalue weighted by atomic mass is 10.1. The lowest BCUT2D eigenvalue weighted by Gasteiger charge is -2.30. The third-order valence-electron chi connectivity index (χ3n) is 2.59. The number of sulfonamides is 1. The molecule has 0 aromatic carbocycles. The van der Waals surface area contributed by atoms with E-state index in [2.05, 4.69) is 15.5 Å². The second-order valence-corrected chi connectivity index (χ2v) is 5.86. The molecule has 6 nitrogen and oxygen atoms in total. The molecule has 1 N–H and O–H groups in total. The molecule has 1 aliphatic heterocycles. The van der Waals surface area contributed by atoms with Gasteiger partial charge in [-0.05, 0) is 25.0 Å². The highest BCUT2D eigenvalue weighted by Gasteiger charge is 2.25. The van der Waals surface area contributed by atoms with Gasteiger partial charge < -0.3 is 5.32 Å². The minimum Gasteiger partial charge on any atom is -0.349 e. The molecule has 0 radical (unpaired) electrons. The summed E-state index contributed by atoms with van der Waals surface area (Å²) in [6.07, 6.45) is 3.87. The summed E-state index contributed by atoms with van der Waals surface area (Å²) >= 11 is 0. The Labute approximate surface area is 101 Å². The van der Waals surface area contributed by atoms with Gasteiger partial charge in [0.25, 0.3) is 5.96 Å². The predicted molar refractivity (Wildman–Crippen MR) is 65.3 cm³/mol. The van der Waals surface area contributed by atoms with Crippen LogP contribution in [0.3, 0.4) is 0 Å². The Morgan fingerprint density at radius 3 is 2.47 bits per heavy atom. The molecule has 0 spiro atoms. The molecular weight excluding hydrogens is 247 g/mol. The highest BCUT2D eigenvalue weighted by Crippen LogP contribution is 2.13. The highest BCUT2D eigenvalue weighted by molar-refractivity contribution is 7.88. The van der Waals surface area contributed by atoms with Gasteiger partial charge in [-0.25, -0.2) is 17.7 Å². The van der Waals surface area contributed by atoms with Crippen LogP contribution in [-0.2, 0) is 10.0 Å². The quantitative estimate of drug-likeness (QED) is 0.577. The maximum absolute atomic E-state index is 12.2. The summed E-state index contributed by atoms with van der Waals surface area (Å²) < 4.78 is 36.1. The monoisotopic (exact) mass is 264 g/mol. The zero-order chi connectivity index (χ0) is 12.9. The molecule has 0 amide bonds. The minimum atomic E-state index is -3.12. The van der Waals surface area contributed by atoms with Gasteiger partial charge in [0.05, 0.1) is 6.26 Å². The number of nitrogens with zero attached hydrogens (tertiary/aromatic N) is 3. The van der Waals surface area contributed by atoms with E-state index in [1.54, 1.807) is 6.92 Å². The van der Waals surface area contributed by atoms with Gasteiger partial charge in [0.2, 0.25) is 10.0 Å². The molecule has 1 rings (SSSR count). The van der Waals surface area contributed by atoms with Crippen LogP contribution in [0.25, 0.3) is 0 Å². The fourth-order valence-corrected chi connectivity index (χ4v) is 2.59. The maximum atomic E-state index is 12.2. The Bertz CT molecular complexity index is 399. The molecule has 1 aliphatic rings. The SMILES string of the molecule is C/C=N\C(=N/F)NC1CCN(S(C)(=O)=O)CC1. The molecule has 1 heterocycles. The number of guanidine groups is 1. The Hall–Kier alpha value is -1.02. The van der Waals surface area contributed by atoms with Crippen LogP contribution in [0.5, 0.6) is 0 Å². The van der Waals surface area contributed by atoms with Gasteiger partial charge in [0.15, 0.2) is 0 Å². The number of hydrogen-bond donors (Lipinski definition) is 1. The molecule has 0 saturated carbocycles. The first-order valence-corrected chi connectivity index (χ1v) is 7.21.